The van der Waals surface area contributed by atoms with Gasteiger partial charge in [0.25, 0.3) is 0 Å². The van der Waals surface area contributed by atoms with E-state index < -0.39 is 11.2 Å². The summed E-state index contributed by atoms with van der Waals surface area (Å²) in [6.07, 6.45) is -0.598. The van der Waals surface area contributed by atoms with Crippen molar-refractivity contribution in [3.8, 4) is 0 Å². The molecule has 0 radical (unpaired) electrons. The van der Waals surface area contributed by atoms with Crippen molar-refractivity contribution >= 4 is 11.3 Å². The summed E-state index contributed by atoms with van der Waals surface area (Å²) in [4.78, 5) is 4.02. The van der Waals surface area contributed by atoms with Crippen molar-refractivity contribution in [2.75, 3.05) is 6.54 Å². The Labute approximate surface area is 118 Å². The monoisotopic (exact) mass is 304 g/mol. The van der Waals surface area contributed by atoms with Gasteiger partial charge in [0.15, 0.2) is 5.01 Å². The number of aryl methyl sites for hydroxylation is 1. The molecule has 0 aromatic carbocycles. The van der Waals surface area contributed by atoms with Crippen LogP contribution in [0.5, 0.6) is 0 Å². The van der Waals surface area contributed by atoms with Gasteiger partial charge in [0.2, 0.25) is 0 Å². The van der Waals surface area contributed by atoms with E-state index in [1.54, 1.807) is 24.0 Å². The predicted molar refractivity (Wildman–Crippen MR) is 70.5 cm³/mol. The third-order valence-corrected chi connectivity index (χ3v) is 3.91. The van der Waals surface area contributed by atoms with Crippen molar-refractivity contribution in [2.45, 2.75) is 25.6 Å². The first-order chi connectivity index (χ1) is 9.43. The van der Waals surface area contributed by atoms with Crippen LogP contribution in [0.15, 0.2) is 18.5 Å². The molecule has 20 heavy (non-hydrogen) atoms. The molecule has 0 aliphatic rings. The zero-order chi connectivity index (χ0) is 14.8. The zero-order valence-corrected chi connectivity index (χ0v) is 11.9. The number of nitrogens with zero attached hydrogens (tertiary/aromatic N) is 3. The highest BCUT2D eigenvalue weighted by molar-refractivity contribution is 7.11. The Hall–Kier alpha value is -1.41. The SMILES string of the molecule is CCCNC(c1cnc(C(F)(F)F)s1)c1ccnn1C. The van der Waals surface area contributed by atoms with Crippen LogP contribution in [0.2, 0.25) is 0 Å². The molecule has 2 heterocycles. The van der Waals surface area contributed by atoms with Crippen molar-refractivity contribution in [3.63, 3.8) is 0 Å². The van der Waals surface area contributed by atoms with Gasteiger partial charge in [0.05, 0.1) is 11.7 Å². The first-order valence-corrected chi connectivity index (χ1v) is 6.99. The van der Waals surface area contributed by atoms with Crippen molar-refractivity contribution in [1.29, 1.82) is 0 Å². The Bertz CT molecular complexity index is 561. The lowest BCUT2D eigenvalue weighted by atomic mass is 10.2. The molecule has 1 unspecified atom stereocenters. The van der Waals surface area contributed by atoms with Crippen molar-refractivity contribution in [2.24, 2.45) is 7.05 Å². The Morgan fingerprint density at radius 2 is 2.20 bits per heavy atom. The Morgan fingerprint density at radius 3 is 2.70 bits per heavy atom. The highest BCUT2D eigenvalue weighted by atomic mass is 32.1. The zero-order valence-electron chi connectivity index (χ0n) is 11.1. The summed E-state index contributed by atoms with van der Waals surface area (Å²) < 4.78 is 39.6. The van der Waals surface area contributed by atoms with E-state index in [-0.39, 0.29) is 6.04 Å². The molecule has 0 aliphatic heterocycles. The van der Waals surface area contributed by atoms with Gasteiger partial charge in [-0.2, -0.15) is 18.3 Å². The third-order valence-electron chi connectivity index (χ3n) is 2.80. The fourth-order valence-corrected chi connectivity index (χ4v) is 2.73. The number of rotatable bonds is 5. The van der Waals surface area contributed by atoms with Gasteiger partial charge in [-0.05, 0) is 19.0 Å². The highest BCUT2D eigenvalue weighted by Crippen LogP contribution is 2.35. The average molecular weight is 304 g/mol. The van der Waals surface area contributed by atoms with E-state index in [1.165, 1.54) is 6.20 Å². The fourth-order valence-electron chi connectivity index (χ4n) is 1.86. The normalized spacial score (nSPS) is 13.7. The quantitative estimate of drug-likeness (QED) is 0.923. The van der Waals surface area contributed by atoms with Crippen molar-refractivity contribution in [1.82, 2.24) is 20.1 Å². The number of thiazole rings is 1. The van der Waals surface area contributed by atoms with Gasteiger partial charge in [0.1, 0.15) is 0 Å². The van der Waals surface area contributed by atoms with E-state index in [4.69, 9.17) is 0 Å². The average Bonchev–Trinajstić information content (AvgIpc) is 2.99. The van der Waals surface area contributed by atoms with E-state index in [1.807, 2.05) is 6.92 Å². The van der Waals surface area contributed by atoms with E-state index in [9.17, 15) is 13.2 Å². The summed E-state index contributed by atoms with van der Waals surface area (Å²) in [5.41, 5.74) is 0.816. The van der Waals surface area contributed by atoms with Gasteiger partial charge in [-0.1, -0.05) is 6.92 Å². The highest BCUT2D eigenvalue weighted by Gasteiger charge is 2.35. The van der Waals surface area contributed by atoms with Crippen LogP contribution in [0.25, 0.3) is 0 Å². The minimum Gasteiger partial charge on any atom is -0.304 e. The van der Waals surface area contributed by atoms with E-state index in [0.29, 0.717) is 22.8 Å². The van der Waals surface area contributed by atoms with Crippen LogP contribution in [0.4, 0.5) is 13.2 Å². The molecule has 0 fully saturated rings. The summed E-state index contributed by atoms with van der Waals surface area (Å²) >= 11 is 0.666. The summed E-state index contributed by atoms with van der Waals surface area (Å²) in [5.74, 6) is 0. The van der Waals surface area contributed by atoms with Crippen molar-refractivity contribution < 1.29 is 13.2 Å². The summed E-state index contributed by atoms with van der Waals surface area (Å²) in [5, 5.41) is 6.48. The lowest BCUT2D eigenvalue weighted by molar-refractivity contribution is -0.137. The second kappa shape index (κ2) is 5.92. The predicted octanol–water partition coefficient (Wildman–Crippen LogP) is 2.98. The summed E-state index contributed by atoms with van der Waals surface area (Å²) in [6, 6.07) is 1.47. The third kappa shape index (κ3) is 3.18. The number of halogens is 3. The van der Waals surface area contributed by atoms with Gasteiger partial charge in [-0.3, -0.25) is 4.68 Å². The lowest BCUT2D eigenvalue weighted by Gasteiger charge is -2.17. The molecule has 2 rings (SSSR count). The summed E-state index contributed by atoms with van der Waals surface area (Å²) in [7, 11) is 1.77. The Morgan fingerprint density at radius 1 is 1.45 bits per heavy atom. The molecule has 0 bridgehead atoms. The topological polar surface area (TPSA) is 42.7 Å². The number of alkyl halides is 3. The minimum atomic E-state index is -4.40. The van der Waals surface area contributed by atoms with Gasteiger partial charge in [-0.25, -0.2) is 4.98 Å². The van der Waals surface area contributed by atoms with E-state index in [2.05, 4.69) is 15.4 Å². The number of hydrogen-bond acceptors (Lipinski definition) is 4. The maximum atomic E-state index is 12.6. The van der Waals surface area contributed by atoms with Crippen LogP contribution >= 0.6 is 11.3 Å². The molecule has 0 aliphatic carbocycles. The van der Waals surface area contributed by atoms with Crippen LogP contribution in [-0.2, 0) is 13.2 Å². The molecule has 2 aromatic heterocycles. The Balaban J connectivity index is 2.32. The van der Waals surface area contributed by atoms with Gasteiger partial charge in [-0.15, -0.1) is 11.3 Å². The standard InChI is InChI=1S/C12H15F3N4S/c1-3-5-16-10(8-4-6-18-19(8)2)9-7-17-11(20-9)12(13,14)15/h4,6-7,10,16H,3,5H2,1-2H3. The molecule has 0 saturated carbocycles. The van der Waals surface area contributed by atoms with Gasteiger partial charge < -0.3 is 5.32 Å². The van der Waals surface area contributed by atoms with E-state index in [0.717, 1.165) is 12.1 Å². The number of aromatic nitrogens is 3. The molecule has 110 valence electrons. The van der Waals surface area contributed by atoms with Crippen LogP contribution in [0.1, 0.15) is 35.0 Å². The molecule has 1 N–H and O–H groups in total. The molecule has 2 aromatic rings. The molecule has 0 saturated heterocycles. The van der Waals surface area contributed by atoms with Gasteiger partial charge >= 0.3 is 6.18 Å². The minimum absolute atomic E-state index is 0.323. The van der Waals surface area contributed by atoms with Crippen LogP contribution in [0.3, 0.4) is 0 Å². The largest absolute Gasteiger partial charge is 0.443 e. The molecular weight excluding hydrogens is 289 g/mol. The molecular formula is C12H15F3N4S. The summed E-state index contributed by atoms with van der Waals surface area (Å²) in [6.45, 7) is 2.70. The fraction of sp³-hybridized carbons (Fsp3) is 0.500. The first kappa shape index (κ1) is 15.0. The van der Waals surface area contributed by atoms with Crippen LogP contribution < -0.4 is 5.32 Å². The maximum Gasteiger partial charge on any atom is 0.443 e. The first-order valence-electron chi connectivity index (χ1n) is 6.17. The molecule has 8 heteroatoms. The molecule has 4 nitrogen and oxygen atoms in total. The van der Waals surface area contributed by atoms with Crippen LogP contribution in [0, 0.1) is 0 Å². The maximum absolute atomic E-state index is 12.6. The van der Waals surface area contributed by atoms with Crippen LogP contribution in [-0.4, -0.2) is 21.3 Å². The lowest BCUT2D eigenvalue weighted by Crippen LogP contribution is -2.24. The van der Waals surface area contributed by atoms with Crippen molar-refractivity contribution in [3.05, 3.63) is 34.0 Å². The second-order valence-corrected chi connectivity index (χ2v) is 5.39. The van der Waals surface area contributed by atoms with Gasteiger partial charge in [0, 0.05) is 24.3 Å². The number of hydrogen-bond donors (Lipinski definition) is 1. The number of nitrogens with one attached hydrogen (secondary N) is 1. The smallest absolute Gasteiger partial charge is 0.304 e. The van der Waals surface area contributed by atoms with E-state index >= 15 is 0 Å². The molecule has 0 spiro atoms. The molecule has 0 amide bonds. The Kier molecular flexibility index (Phi) is 4.44. The molecule has 1 atom stereocenters. The second-order valence-electron chi connectivity index (χ2n) is 4.33.